The summed E-state index contributed by atoms with van der Waals surface area (Å²) >= 11 is 6.24. The first-order valence-electron chi connectivity index (χ1n) is 6.61. The number of fused-ring (bicyclic) bond motifs is 1. The second-order valence-electron chi connectivity index (χ2n) is 4.78. The molecular weight excluding hydrogens is 242 g/mol. The normalized spacial score (nSPS) is 13.2. The van der Waals surface area contributed by atoms with Crippen molar-refractivity contribution in [3.63, 3.8) is 0 Å². The van der Waals surface area contributed by atoms with Gasteiger partial charge in [-0.3, -0.25) is 0 Å². The molecule has 0 amide bonds. The Morgan fingerprint density at radius 3 is 2.22 bits per heavy atom. The van der Waals surface area contributed by atoms with Gasteiger partial charge in [0.2, 0.25) is 0 Å². The maximum absolute atomic E-state index is 6.43. The van der Waals surface area contributed by atoms with Crippen molar-refractivity contribution in [2.24, 2.45) is 11.7 Å². The molecule has 0 aliphatic rings. The highest BCUT2D eigenvalue weighted by molar-refractivity contribution is 6.35. The van der Waals surface area contributed by atoms with Crippen LogP contribution in [0, 0.1) is 5.92 Å². The lowest BCUT2D eigenvalue weighted by Crippen LogP contribution is -2.20. The molecule has 2 aromatic rings. The molecule has 1 atom stereocenters. The van der Waals surface area contributed by atoms with Crippen LogP contribution in [0.3, 0.4) is 0 Å². The molecule has 96 valence electrons. The average Bonchev–Trinajstić information content (AvgIpc) is 2.41. The quantitative estimate of drug-likeness (QED) is 0.830. The molecule has 0 aromatic heterocycles. The summed E-state index contributed by atoms with van der Waals surface area (Å²) in [6, 6.07) is 12.3. The van der Waals surface area contributed by atoms with Gasteiger partial charge in [0.1, 0.15) is 0 Å². The Morgan fingerprint density at radius 2 is 1.61 bits per heavy atom. The zero-order valence-corrected chi connectivity index (χ0v) is 11.7. The first kappa shape index (κ1) is 13.4. The van der Waals surface area contributed by atoms with Gasteiger partial charge < -0.3 is 5.73 Å². The Balaban J connectivity index is 2.54. The third kappa shape index (κ3) is 2.38. The highest BCUT2D eigenvalue weighted by Gasteiger charge is 2.18. The van der Waals surface area contributed by atoms with Crippen LogP contribution in [0.15, 0.2) is 36.4 Å². The lowest BCUT2D eigenvalue weighted by atomic mass is 9.87. The minimum Gasteiger partial charge on any atom is -0.324 e. The van der Waals surface area contributed by atoms with Crippen LogP contribution in [0.2, 0.25) is 5.02 Å². The van der Waals surface area contributed by atoms with Crippen LogP contribution in [-0.2, 0) is 0 Å². The van der Waals surface area contributed by atoms with Gasteiger partial charge in [0, 0.05) is 16.5 Å². The van der Waals surface area contributed by atoms with E-state index in [0.29, 0.717) is 5.92 Å². The number of rotatable bonds is 4. The SMILES string of the molecule is CCC(CC)C(N)c1ccc(Cl)c2ccccc12. The Morgan fingerprint density at radius 1 is 1.00 bits per heavy atom. The van der Waals surface area contributed by atoms with Gasteiger partial charge >= 0.3 is 0 Å². The van der Waals surface area contributed by atoms with Crippen molar-refractivity contribution in [2.45, 2.75) is 32.7 Å². The van der Waals surface area contributed by atoms with E-state index < -0.39 is 0 Å². The molecule has 0 heterocycles. The standard InChI is InChI=1S/C16H20ClN/c1-3-11(4-2)16(18)14-9-10-15(17)13-8-6-5-7-12(13)14/h5-11,16H,3-4,18H2,1-2H3. The van der Waals surface area contributed by atoms with Crippen LogP contribution in [0.25, 0.3) is 10.8 Å². The van der Waals surface area contributed by atoms with Crippen molar-refractivity contribution in [1.82, 2.24) is 0 Å². The Labute approximate surface area is 114 Å². The minimum absolute atomic E-state index is 0.0853. The van der Waals surface area contributed by atoms with Crippen LogP contribution < -0.4 is 5.73 Å². The van der Waals surface area contributed by atoms with E-state index >= 15 is 0 Å². The van der Waals surface area contributed by atoms with Gasteiger partial charge in [-0.2, -0.15) is 0 Å². The summed E-state index contributed by atoms with van der Waals surface area (Å²) in [5.74, 6) is 0.523. The molecule has 0 aliphatic heterocycles. The molecule has 0 fully saturated rings. The van der Waals surface area contributed by atoms with E-state index in [0.717, 1.165) is 23.3 Å². The van der Waals surface area contributed by atoms with Crippen molar-refractivity contribution in [3.05, 3.63) is 47.0 Å². The maximum Gasteiger partial charge on any atom is 0.0484 e. The molecule has 18 heavy (non-hydrogen) atoms. The molecule has 0 saturated heterocycles. The molecule has 0 spiro atoms. The van der Waals surface area contributed by atoms with E-state index in [9.17, 15) is 0 Å². The maximum atomic E-state index is 6.43. The van der Waals surface area contributed by atoms with Gasteiger partial charge in [-0.15, -0.1) is 0 Å². The fraction of sp³-hybridized carbons (Fsp3) is 0.375. The van der Waals surface area contributed by atoms with Crippen molar-refractivity contribution in [1.29, 1.82) is 0 Å². The summed E-state index contributed by atoms with van der Waals surface area (Å²) in [6.45, 7) is 4.40. The van der Waals surface area contributed by atoms with E-state index in [1.54, 1.807) is 0 Å². The van der Waals surface area contributed by atoms with Crippen LogP contribution >= 0.6 is 11.6 Å². The molecule has 0 aliphatic carbocycles. The number of benzene rings is 2. The highest BCUT2D eigenvalue weighted by Crippen LogP contribution is 2.33. The zero-order valence-electron chi connectivity index (χ0n) is 11.0. The number of hydrogen-bond donors (Lipinski definition) is 1. The predicted octanol–water partition coefficient (Wildman–Crippen LogP) is 4.93. The second kappa shape index (κ2) is 5.73. The van der Waals surface area contributed by atoms with Gasteiger partial charge in [-0.05, 0) is 22.9 Å². The van der Waals surface area contributed by atoms with Crippen molar-refractivity contribution >= 4 is 22.4 Å². The smallest absolute Gasteiger partial charge is 0.0484 e. The van der Waals surface area contributed by atoms with Crippen LogP contribution in [0.1, 0.15) is 38.3 Å². The fourth-order valence-electron chi connectivity index (χ4n) is 2.63. The molecule has 0 saturated carbocycles. The zero-order chi connectivity index (χ0) is 13.1. The van der Waals surface area contributed by atoms with Crippen molar-refractivity contribution < 1.29 is 0 Å². The summed E-state index contributed by atoms with van der Waals surface area (Å²) in [4.78, 5) is 0. The highest BCUT2D eigenvalue weighted by atomic mass is 35.5. The van der Waals surface area contributed by atoms with Gasteiger partial charge in [0.25, 0.3) is 0 Å². The molecule has 0 radical (unpaired) electrons. The summed E-state index contributed by atoms with van der Waals surface area (Å²) in [6.07, 6.45) is 2.21. The molecular formula is C16H20ClN. The third-order valence-electron chi connectivity index (χ3n) is 3.82. The van der Waals surface area contributed by atoms with Gasteiger partial charge in [0.05, 0.1) is 0 Å². The van der Waals surface area contributed by atoms with Crippen molar-refractivity contribution in [2.75, 3.05) is 0 Å². The molecule has 2 aromatic carbocycles. The summed E-state index contributed by atoms with van der Waals surface area (Å²) in [5, 5.41) is 3.08. The number of halogens is 1. The first-order valence-corrected chi connectivity index (χ1v) is 6.99. The van der Waals surface area contributed by atoms with Gasteiger partial charge in [-0.1, -0.05) is 68.6 Å². The van der Waals surface area contributed by atoms with E-state index in [4.69, 9.17) is 17.3 Å². The molecule has 2 rings (SSSR count). The molecule has 2 heteroatoms. The summed E-state index contributed by atoms with van der Waals surface area (Å²) in [7, 11) is 0. The lowest BCUT2D eigenvalue weighted by Gasteiger charge is -2.23. The van der Waals surface area contributed by atoms with Gasteiger partial charge in [-0.25, -0.2) is 0 Å². The minimum atomic E-state index is 0.0853. The number of hydrogen-bond acceptors (Lipinski definition) is 1. The molecule has 1 unspecified atom stereocenters. The molecule has 2 N–H and O–H groups in total. The Hall–Kier alpha value is -1.05. The average molecular weight is 262 g/mol. The monoisotopic (exact) mass is 261 g/mol. The predicted molar refractivity (Wildman–Crippen MR) is 80.0 cm³/mol. The third-order valence-corrected chi connectivity index (χ3v) is 4.15. The second-order valence-corrected chi connectivity index (χ2v) is 5.19. The van der Waals surface area contributed by atoms with E-state index in [2.05, 4.69) is 32.0 Å². The van der Waals surface area contributed by atoms with Crippen LogP contribution in [-0.4, -0.2) is 0 Å². The number of nitrogens with two attached hydrogens (primary N) is 1. The van der Waals surface area contributed by atoms with E-state index in [-0.39, 0.29) is 6.04 Å². The van der Waals surface area contributed by atoms with E-state index in [1.165, 1.54) is 10.9 Å². The molecule has 1 nitrogen and oxygen atoms in total. The topological polar surface area (TPSA) is 26.0 Å². The van der Waals surface area contributed by atoms with E-state index in [1.807, 2.05) is 18.2 Å². The van der Waals surface area contributed by atoms with Gasteiger partial charge in [0.15, 0.2) is 0 Å². The molecule has 0 bridgehead atoms. The largest absolute Gasteiger partial charge is 0.324 e. The first-order chi connectivity index (χ1) is 8.69. The summed E-state index contributed by atoms with van der Waals surface area (Å²) < 4.78 is 0. The Kier molecular flexibility index (Phi) is 4.26. The fourth-order valence-corrected chi connectivity index (χ4v) is 2.85. The van der Waals surface area contributed by atoms with Crippen LogP contribution in [0.5, 0.6) is 0 Å². The Bertz CT molecular complexity index is 532. The lowest BCUT2D eigenvalue weighted by molar-refractivity contribution is 0.407. The van der Waals surface area contributed by atoms with Crippen LogP contribution in [0.4, 0.5) is 0 Å². The van der Waals surface area contributed by atoms with Crippen molar-refractivity contribution in [3.8, 4) is 0 Å². The summed E-state index contributed by atoms with van der Waals surface area (Å²) in [5.41, 5.74) is 7.65.